The van der Waals surface area contributed by atoms with Crippen LogP contribution < -0.4 is 5.43 Å². The zero-order valence-corrected chi connectivity index (χ0v) is 11.6. The summed E-state index contributed by atoms with van der Waals surface area (Å²) < 4.78 is 0. The molecule has 2 rings (SSSR count). The summed E-state index contributed by atoms with van der Waals surface area (Å²) in [5, 5.41) is 4.09. The number of hydrogen-bond donors (Lipinski definition) is 1. The molecule has 19 heavy (non-hydrogen) atoms. The first-order valence-electron chi connectivity index (χ1n) is 7.22. The highest BCUT2D eigenvalue weighted by atomic mass is 16.2. The maximum absolute atomic E-state index is 11.9. The van der Waals surface area contributed by atoms with Gasteiger partial charge in [0.2, 0.25) is 0 Å². The van der Waals surface area contributed by atoms with Crippen LogP contribution in [-0.4, -0.2) is 12.1 Å². The number of rotatable bonds is 4. The van der Waals surface area contributed by atoms with Crippen LogP contribution >= 0.6 is 0 Å². The normalized spacial score (nSPS) is 16.7. The molecular formula is C16H22N2O. The average molecular weight is 258 g/mol. The SMILES string of the molecule is CCc1ccc(C(=O)N/N=C\C2CCCCC2)cc1. The van der Waals surface area contributed by atoms with Crippen molar-refractivity contribution in [3.63, 3.8) is 0 Å². The van der Waals surface area contributed by atoms with E-state index in [4.69, 9.17) is 0 Å². The largest absolute Gasteiger partial charge is 0.271 e. The van der Waals surface area contributed by atoms with Gasteiger partial charge >= 0.3 is 0 Å². The Morgan fingerprint density at radius 2 is 1.95 bits per heavy atom. The number of amides is 1. The summed E-state index contributed by atoms with van der Waals surface area (Å²) in [6.07, 6.45) is 9.18. The minimum absolute atomic E-state index is 0.130. The van der Waals surface area contributed by atoms with Gasteiger partial charge in [0, 0.05) is 11.8 Å². The Bertz CT molecular complexity index is 431. The van der Waals surface area contributed by atoms with E-state index in [0.717, 1.165) is 6.42 Å². The van der Waals surface area contributed by atoms with Crippen molar-refractivity contribution in [2.75, 3.05) is 0 Å². The molecule has 1 saturated carbocycles. The number of carbonyl (C=O) groups excluding carboxylic acids is 1. The number of hydrazone groups is 1. The number of carbonyl (C=O) groups is 1. The van der Waals surface area contributed by atoms with E-state index < -0.39 is 0 Å². The lowest BCUT2D eigenvalue weighted by Gasteiger charge is -2.16. The third-order valence-electron chi connectivity index (χ3n) is 3.73. The topological polar surface area (TPSA) is 41.5 Å². The molecule has 0 radical (unpaired) electrons. The average Bonchev–Trinajstić information content (AvgIpc) is 2.48. The first kappa shape index (κ1) is 13.8. The van der Waals surface area contributed by atoms with Gasteiger partial charge in [-0.3, -0.25) is 4.79 Å². The van der Waals surface area contributed by atoms with Crippen LogP contribution in [0.3, 0.4) is 0 Å². The van der Waals surface area contributed by atoms with Crippen LogP contribution in [0.2, 0.25) is 0 Å². The highest BCUT2D eigenvalue weighted by Crippen LogP contribution is 2.21. The fourth-order valence-electron chi connectivity index (χ4n) is 2.44. The van der Waals surface area contributed by atoms with Gasteiger partial charge in [-0.25, -0.2) is 5.43 Å². The number of nitrogens with zero attached hydrogens (tertiary/aromatic N) is 1. The fourth-order valence-corrected chi connectivity index (χ4v) is 2.44. The maximum Gasteiger partial charge on any atom is 0.271 e. The Labute approximate surface area is 115 Å². The quantitative estimate of drug-likeness (QED) is 0.651. The van der Waals surface area contributed by atoms with E-state index in [1.165, 1.54) is 37.7 Å². The summed E-state index contributed by atoms with van der Waals surface area (Å²) in [5.74, 6) is 0.409. The second-order valence-electron chi connectivity index (χ2n) is 5.17. The lowest BCUT2D eigenvalue weighted by atomic mass is 9.90. The summed E-state index contributed by atoms with van der Waals surface area (Å²) in [6.45, 7) is 2.10. The summed E-state index contributed by atoms with van der Waals surface area (Å²) in [4.78, 5) is 11.9. The Kier molecular flexibility index (Phi) is 5.13. The first-order chi connectivity index (χ1) is 9.29. The van der Waals surface area contributed by atoms with Gasteiger partial charge in [-0.1, -0.05) is 38.3 Å². The van der Waals surface area contributed by atoms with E-state index in [0.29, 0.717) is 11.5 Å². The zero-order chi connectivity index (χ0) is 13.5. The van der Waals surface area contributed by atoms with Crippen molar-refractivity contribution in [1.82, 2.24) is 5.43 Å². The molecule has 1 aliphatic carbocycles. The van der Waals surface area contributed by atoms with Gasteiger partial charge in [0.15, 0.2) is 0 Å². The van der Waals surface area contributed by atoms with Gasteiger partial charge in [0.1, 0.15) is 0 Å². The van der Waals surface area contributed by atoms with Crippen LogP contribution in [0.1, 0.15) is 54.9 Å². The molecule has 0 aromatic heterocycles. The minimum atomic E-state index is -0.130. The Morgan fingerprint density at radius 1 is 1.26 bits per heavy atom. The van der Waals surface area contributed by atoms with Gasteiger partial charge in [-0.15, -0.1) is 0 Å². The van der Waals surface area contributed by atoms with Crippen molar-refractivity contribution in [1.29, 1.82) is 0 Å². The van der Waals surface area contributed by atoms with Gasteiger partial charge in [-0.2, -0.15) is 5.10 Å². The van der Waals surface area contributed by atoms with Gasteiger partial charge in [0.05, 0.1) is 0 Å². The molecule has 1 fully saturated rings. The van der Waals surface area contributed by atoms with E-state index in [9.17, 15) is 4.79 Å². The van der Waals surface area contributed by atoms with Crippen LogP contribution in [0.25, 0.3) is 0 Å². The molecule has 1 aromatic carbocycles. The molecule has 1 amide bonds. The highest BCUT2D eigenvalue weighted by molar-refractivity contribution is 5.94. The molecule has 0 unspecified atom stereocenters. The van der Waals surface area contributed by atoms with Gasteiger partial charge in [0.25, 0.3) is 5.91 Å². The molecule has 102 valence electrons. The minimum Gasteiger partial charge on any atom is -0.267 e. The van der Waals surface area contributed by atoms with Crippen LogP contribution in [-0.2, 0) is 6.42 Å². The molecule has 1 aromatic rings. The number of hydrogen-bond acceptors (Lipinski definition) is 2. The van der Waals surface area contributed by atoms with Crippen LogP contribution in [0.15, 0.2) is 29.4 Å². The molecule has 3 nitrogen and oxygen atoms in total. The number of nitrogens with one attached hydrogen (secondary N) is 1. The van der Waals surface area contributed by atoms with Crippen molar-refractivity contribution >= 4 is 12.1 Å². The van der Waals surface area contributed by atoms with E-state index in [2.05, 4.69) is 17.5 Å². The second kappa shape index (κ2) is 7.07. The highest BCUT2D eigenvalue weighted by Gasteiger charge is 2.11. The third-order valence-corrected chi connectivity index (χ3v) is 3.73. The number of aryl methyl sites for hydroxylation is 1. The monoisotopic (exact) mass is 258 g/mol. The molecule has 1 aliphatic rings. The van der Waals surface area contributed by atoms with Crippen molar-refractivity contribution < 1.29 is 4.79 Å². The van der Waals surface area contributed by atoms with E-state index in [1.807, 2.05) is 30.5 Å². The van der Waals surface area contributed by atoms with Crippen molar-refractivity contribution in [2.45, 2.75) is 45.4 Å². The smallest absolute Gasteiger partial charge is 0.267 e. The molecule has 0 aliphatic heterocycles. The van der Waals surface area contributed by atoms with E-state index >= 15 is 0 Å². The molecular weight excluding hydrogens is 236 g/mol. The molecule has 1 N–H and O–H groups in total. The van der Waals surface area contributed by atoms with Gasteiger partial charge < -0.3 is 0 Å². The lowest BCUT2D eigenvalue weighted by Crippen LogP contribution is -2.19. The predicted octanol–water partition coefficient (Wildman–Crippen LogP) is 3.54. The van der Waals surface area contributed by atoms with Crippen LogP contribution in [0.5, 0.6) is 0 Å². The van der Waals surface area contributed by atoms with Crippen molar-refractivity contribution in [3.05, 3.63) is 35.4 Å². The van der Waals surface area contributed by atoms with Crippen LogP contribution in [0.4, 0.5) is 0 Å². The summed E-state index contributed by atoms with van der Waals surface area (Å²) in [6, 6.07) is 7.67. The van der Waals surface area contributed by atoms with E-state index in [1.54, 1.807) is 0 Å². The number of benzene rings is 1. The standard InChI is InChI=1S/C16H22N2O/c1-2-13-8-10-15(11-9-13)16(19)18-17-12-14-6-4-3-5-7-14/h8-12,14H,2-7H2,1H3,(H,18,19)/b17-12-. The van der Waals surface area contributed by atoms with Crippen LogP contribution in [0, 0.1) is 5.92 Å². The molecule has 0 bridgehead atoms. The first-order valence-corrected chi connectivity index (χ1v) is 7.22. The lowest BCUT2D eigenvalue weighted by molar-refractivity contribution is 0.0955. The molecule has 0 spiro atoms. The van der Waals surface area contributed by atoms with Crippen molar-refractivity contribution in [2.24, 2.45) is 11.0 Å². The van der Waals surface area contributed by atoms with Crippen molar-refractivity contribution in [3.8, 4) is 0 Å². The summed E-state index contributed by atoms with van der Waals surface area (Å²) in [5.41, 5.74) is 4.52. The van der Waals surface area contributed by atoms with E-state index in [-0.39, 0.29) is 5.91 Å². The summed E-state index contributed by atoms with van der Waals surface area (Å²) in [7, 11) is 0. The Balaban J connectivity index is 1.84. The summed E-state index contributed by atoms with van der Waals surface area (Å²) >= 11 is 0. The molecule has 0 saturated heterocycles. The predicted molar refractivity (Wildman–Crippen MR) is 78.4 cm³/mol. The zero-order valence-electron chi connectivity index (χ0n) is 11.6. The maximum atomic E-state index is 11.9. The second-order valence-corrected chi connectivity index (χ2v) is 5.17. The molecule has 3 heteroatoms. The molecule has 0 heterocycles. The Hall–Kier alpha value is -1.64. The fraction of sp³-hybridized carbons (Fsp3) is 0.500. The third kappa shape index (κ3) is 4.19. The van der Waals surface area contributed by atoms with Gasteiger partial charge in [-0.05, 0) is 42.9 Å². The Morgan fingerprint density at radius 3 is 2.58 bits per heavy atom. The molecule has 0 atom stereocenters.